The van der Waals surface area contributed by atoms with Gasteiger partial charge in [0.25, 0.3) is 10.0 Å². The van der Waals surface area contributed by atoms with Crippen LogP contribution in [0, 0.1) is 6.92 Å². The van der Waals surface area contributed by atoms with Crippen LogP contribution in [0.25, 0.3) is 0 Å². The van der Waals surface area contributed by atoms with Crippen LogP contribution in [0.1, 0.15) is 5.56 Å². The molecule has 0 aromatic carbocycles. The van der Waals surface area contributed by atoms with Crippen LogP contribution in [0.5, 0.6) is 0 Å². The molecule has 19 heavy (non-hydrogen) atoms. The van der Waals surface area contributed by atoms with E-state index in [1.165, 1.54) is 6.07 Å². The average Bonchev–Trinajstić information content (AvgIpc) is 2.66. The summed E-state index contributed by atoms with van der Waals surface area (Å²) in [4.78, 5) is 7.36. The second kappa shape index (κ2) is 5.41. The maximum atomic E-state index is 12.1. The van der Waals surface area contributed by atoms with Gasteiger partial charge in [0, 0.05) is 0 Å². The summed E-state index contributed by atoms with van der Waals surface area (Å²) in [6.45, 7) is 1.71. The highest BCUT2D eigenvalue weighted by Crippen LogP contribution is 2.32. The highest BCUT2D eigenvalue weighted by atomic mass is 35.5. The molecule has 10 heteroatoms. The molecule has 2 heterocycles. The Kier molecular flexibility index (Phi) is 4.22. The highest BCUT2D eigenvalue weighted by molar-refractivity contribution is 7.94. The Hall–Kier alpha value is -0.600. The average molecular weight is 359 g/mol. The van der Waals surface area contributed by atoms with Crippen LogP contribution in [-0.4, -0.2) is 18.4 Å². The summed E-state index contributed by atoms with van der Waals surface area (Å²) < 4.78 is 26.9. The Balaban J connectivity index is 2.39. The first-order chi connectivity index (χ1) is 8.81. The number of anilines is 1. The number of halogens is 3. The number of nitrogens with one attached hydrogen (secondary N) is 1. The van der Waals surface area contributed by atoms with Crippen molar-refractivity contribution in [2.75, 3.05) is 4.72 Å². The number of aromatic nitrogens is 2. The zero-order valence-electron chi connectivity index (χ0n) is 9.32. The lowest BCUT2D eigenvalue weighted by Gasteiger charge is -2.06. The maximum absolute atomic E-state index is 12.1. The Morgan fingerprint density at radius 2 is 1.95 bits per heavy atom. The van der Waals surface area contributed by atoms with Gasteiger partial charge in [0.05, 0.1) is 4.34 Å². The summed E-state index contributed by atoms with van der Waals surface area (Å²) in [5.74, 6) is -0.0798. The predicted molar refractivity (Wildman–Crippen MR) is 76.9 cm³/mol. The lowest BCUT2D eigenvalue weighted by molar-refractivity contribution is 0.603. The van der Waals surface area contributed by atoms with E-state index in [1.807, 2.05) is 0 Å². The molecule has 0 aliphatic carbocycles. The van der Waals surface area contributed by atoms with Gasteiger partial charge >= 0.3 is 0 Å². The first kappa shape index (κ1) is 14.8. The van der Waals surface area contributed by atoms with Gasteiger partial charge in [0.15, 0.2) is 11.0 Å². The van der Waals surface area contributed by atoms with Gasteiger partial charge < -0.3 is 0 Å². The van der Waals surface area contributed by atoms with E-state index >= 15 is 0 Å². The lowest BCUT2D eigenvalue weighted by atomic mass is 10.4. The number of aryl methyl sites for hydroxylation is 1. The highest BCUT2D eigenvalue weighted by Gasteiger charge is 2.21. The lowest BCUT2D eigenvalue weighted by Crippen LogP contribution is -2.13. The molecule has 0 saturated carbocycles. The van der Waals surface area contributed by atoms with E-state index in [4.69, 9.17) is 34.8 Å². The fourth-order valence-corrected chi connectivity index (χ4v) is 4.22. The molecule has 0 atom stereocenters. The van der Waals surface area contributed by atoms with E-state index in [9.17, 15) is 8.42 Å². The third kappa shape index (κ3) is 3.11. The summed E-state index contributed by atoms with van der Waals surface area (Å²) in [7, 11) is -3.80. The van der Waals surface area contributed by atoms with Gasteiger partial charge in [0.1, 0.15) is 15.6 Å². The number of sulfonamides is 1. The van der Waals surface area contributed by atoms with Crippen LogP contribution in [0.2, 0.25) is 14.5 Å². The van der Waals surface area contributed by atoms with Gasteiger partial charge in [0.2, 0.25) is 0 Å². The molecule has 0 radical (unpaired) electrons. The van der Waals surface area contributed by atoms with Crippen molar-refractivity contribution in [3.05, 3.63) is 32.5 Å². The summed E-state index contributed by atoms with van der Waals surface area (Å²) in [5, 5.41) is -0.0955. The second-order valence-corrected chi connectivity index (χ2v) is 7.75. The number of rotatable bonds is 3. The molecule has 1 N–H and O–H groups in total. The summed E-state index contributed by atoms with van der Waals surface area (Å²) >= 11 is 18.3. The molecule has 0 amide bonds. The SMILES string of the molecule is Cc1cc(S(=O)(=O)Nc2ncnc(Cl)c2Cl)sc1Cl. The van der Waals surface area contributed by atoms with Crippen molar-refractivity contribution in [3.63, 3.8) is 0 Å². The molecule has 102 valence electrons. The Morgan fingerprint density at radius 1 is 1.26 bits per heavy atom. The Labute approximate surface area is 128 Å². The van der Waals surface area contributed by atoms with Crippen LogP contribution in [-0.2, 0) is 10.0 Å². The van der Waals surface area contributed by atoms with Crippen molar-refractivity contribution >= 4 is 62.0 Å². The first-order valence-electron chi connectivity index (χ1n) is 4.76. The van der Waals surface area contributed by atoms with Crippen LogP contribution in [0.4, 0.5) is 5.82 Å². The van der Waals surface area contributed by atoms with E-state index in [2.05, 4.69) is 14.7 Å². The normalized spacial score (nSPS) is 11.6. The van der Waals surface area contributed by atoms with Crippen molar-refractivity contribution < 1.29 is 8.42 Å². The van der Waals surface area contributed by atoms with Crippen molar-refractivity contribution in [2.24, 2.45) is 0 Å². The van der Waals surface area contributed by atoms with Gasteiger partial charge in [-0.25, -0.2) is 18.4 Å². The predicted octanol–water partition coefficient (Wildman–Crippen LogP) is 3.61. The van der Waals surface area contributed by atoms with E-state index in [-0.39, 0.29) is 20.2 Å². The Morgan fingerprint density at radius 3 is 2.53 bits per heavy atom. The minimum atomic E-state index is -3.80. The molecule has 0 spiro atoms. The number of nitrogens with zero attached hydrogens (tertiary/aromatic N) is 2. The van der Waals surface area contributed by atoms with E-state index in [0.717, 1.165) is 17.7 Å². The number of hydrogen-bond donors (Lipinski definition) is 1. The molecule has 2 rings (SSSR count). The third-order valence-electron chi connectivity index (χ3n) is 2.08. The minimum Gasteiger partial charge on any atom is -0.261 e. The molecular weight excluding hydrogens is 353 g/mol. The molecule has 0 fully saturated rings. The van der Waals surface area contributed by atoms with Crippen molar-refractivity contribution in [1.82, 2.24) is 9.97 Å². The molecule has 0 unspecified atom stereocenters. The van der Waals surface area contributed by atoms with Crippen LogP contribution < -0.4 is 4.72 Å². The smallest absolute Gasteiger partial charge is 0.261 e. The number of hydrogen-bond acceptors (Lipinski definition) is 5. The molecule has 0 bridgehead atoms. The zero-order chi connectivity index (χ0) is 14.2. The van der Waals surface area contributed by atoms with Gasteiger partial charge in [-0.1, -0.05) is 34.8 Å². The molecule has 2 aromatic rings. The number of thiophene rings is 1. The fourth-order valence-electron chi connectivity index (χ4n) is 1.16. The van der Waals surface area contributed by atoms with Gasteiger partial charge in [-0.05, 0) is 18.6 Å². The summed E-state index contributed by atoms with van der Waals surface area (Å²) in [5.41, 5.74) is 0.679. The molecule has 0 aliphatic rings. The quantitative estimate of drug-likeness (QED) is 0.851. The van der Waals surface area contributed by atoms with Crippen LogP contribution in [0.15, 0.2) is 16.6 Å². The van der Waals surface area contributed by atoms with Crippen LogP contribution >= 0.6 is 46.1 Å². The van der Waals surface area contributed by atoms with E-state index in [0.29, 0.717) is 9.90 Å². The maximum Gasteiger partial charge on any atom is 0.272 e. The fraction of sp³-hybridized carbons (Fsp3) is 0.111. The molecular formula is C9H6Cl3N3O2S2. The Bertz CT molecular complexity index is 711. The van der Waals surface area contributed by atoms with Gasteiger partial charge in [-0.15, -0.1) is 11.3 Å². The second-order valence-electron chi connectivity index (χ2n) is 3.45. The topological polar surface area (TPSA) is 72.0 Å². The largest absolute Gasteiger partial charge is 0.272 e. The summed E-state index contributed by atoms with van der Waals surface area (Å²) in [6.07, 6.45) is 1.11. The third-order valence-corrected chi connectivity index (χ3v) is 6.19. The molecule has 5 nitrogen and oxygen atoms in total. The molecule has 0 aliphatic heterocycles. The van der Waals surface area contributed by atoms with Gasteiger partial charge in [-0.3, -0.25) is 4.72 Å². The summed E-state index contributed by atoms with van der Waals surface area (Å²) in [6, 6.07) is 1.46. The standard InChI is InChI=1S/C9H6Cl3N3O2S2/c1-4-2-5(18-8(4)12)19(16,17)15-9-6(10)7(11)13-3-14-9/h2-3H,1H3,(H,13,14,15). The van der Waals surface area contributed by atoms with Gasteiger partial charge in [-0.2, -0.15) is 0 Å². The minimum absolute atomic E-state index is 0.0326. The van der Waals surface area contributed by atoms with Crippen molar-refractivity contribution in [2.45, 2.75) is 11.1 Å². The van der Waals surface area contributed by atoms with E-state index in [1.54, 1.807) is 6.92 Å². The van der Waals surface area contributed by atoms with Crippen molar-refractivity contribution in [1.29, 1.82) is 0 Å². The van der Waals surface area contributed by atoms with Crippen molar-refractivity contribution in [3.8, 4) is 0 Å². The van der Waals surface area contributed by atoms with Crippen LogP contribution in [0.3, 0.4) is 0 Å². The monoisotopic (exact) mass is 357 g/mol. The van der Waals surface area contributed by atoms with E-state index < -0.39 is 10.0 Å². The zero-order valence-corrected chi connectivity index (χ0v) is 13.2. The first-order valence-corrected chi connectivity index (χ1v) is 8.19. The molecule has 0 saturated heterocycles. The molecule has 2 aromatic heterocycles.